The van der Waals surface area contributed by atoms with Crippen LogP contribution in [0.1, 0.15) is 29.8 Å². The molecule has 1 aliphatic heterocycles. The molecule has 3 aromatic heterocycles. The van der Waals surface area contributed by atoms with E-state index in [2.05, 4.69) is 25.6 Å². The van der Waals surface area contributed by atoms with Gasteiger partial charge in [-0.1, -0.05) is 0 Å². The van der Waals surface area contributed by atoms with Crippen LogP contribution in [0, 0.1) is 11.3 Å². The number of hydrogen-bond acceptors (Lipinski definition) is 7. The Balaban J connectivity index is 1.66. The summed E-state index contributed by atoms with van der Waals surface area (Å²) in [6.07, 6.45) is 5.24. The van der Waals surface area contributed by atoms with E-state index in [9.17, 15) is 9.59 Å². The van der Waals surface area contributed by atoms with Gasteiger partial charge in [-0.25, -0.2) is 9.97 Å². The molecule has 30 heavy (non-hydrogen) atoms. The molecule has 1 saturated heterocycles. The molecule has 0 unspecified atom stereocenters. The van der Waals surface area contributed by atoms with Crippen LogP contribution in [0.2, 0.25) is 0 Å². The summed E-state index contributed by atoms with van der Waals surface area (Å²) >= 11 is 1.38. The van der Waals surface area contributed by atoms with Crippen LogP contribution in [0.25, 0.3) is 21.6 Å². The molecule has 0 saturated carbocycles. The van der Waals surface area contributed by atoms with Crippen molar-refractivity contribution >= 4 is 39.9 Å². The van der Waals surface area contributed by atoms with E-state index in [1.165, 1.54) is 11.3 Å². The van der Waals surface area contributed by atoms with Crippen LogP contribution in [-0.2, 0) is 4.79 Å². The van der Waals surface area contributed by atoms with Gasteiger partial charge in [0.25, 0.3) is 5.91 Å². The first kappa shape index (κ1) is 19.8. The van der Waals surface area contributed by atoms with E-state index in [4.69, 9.17) is 5.26 Å². The molecule has 0 spiro atoms. The van der Waals surface area contributed by atoms with E-state index in [-0.39, 0.29) is 24.3 Å². The minimum Gasteiger partial charge on any atom is -0.379 e. The lowest BCUT2D eigenvalue weighted by Gasteiger charge is -2.33. The second-order valence-corrected chi connectivity index (χ2v) is 7.92. The number of amides is 2. The normalized spacial score (nSPS) is 16.3. The summed E-state index contributed by atoms with van der Waals surface area (Å²) in [5, 5.41) is 18.3. The maximum atomic E-state index is 12.2. The molecule has 4 rings (SSSR count). The average Bonchev–Trinajstić information content (AvgIpc) is 3.44. The highest BCUT2D eigenvalue weighted by Gasteiger charge is 2.25. The SMILES string of the molecule is CNC(=O)c1csc(-c2cnc3[nH]ccc3c2N[C@@H]2CCCN(C(=O)CC#N)C2)n1. The number of piperidine rings is 1. The number of nitrogens with one attached hydrogen (secondary N) is 3. The molecule has 1 aliphatic rings. The highest BCUT2D eigenvalue weighted by Crippen LogP contribution is 2.36. The van der Waals surface area contributed by atoms with Crippen LogP contribution in [0.4, 0.5) is 5.69 Å². The Labute approximate surface area is 177 Å². The number of nitriles is 1. The Bertz CT molecular complexity index is 1130. The minimum atomic E-state index is -0.235. The molecular formula is C20H21N7O2S. The number of fused-ring (bicyclic) bond motifs is 1. The molecule has 10 heteroatoms. The Hall–Kier alpha value is -3.45. The smallest absolute Gasteiger partial charge is 0.270 e. The second-order valence-electron chi connectivity index (χ2n) is 7.06. The predicted octanol–water partition coefficient (Wildman–Crippen LogP) is 2.36. The standard InChI is InChI=1S/C20H21N7O2S/c1-22-19(29)15-11-30-20(26-15)14-9-24-18-13(5-7-23-18)17(14)25-12-3-2-8-27(10-12)16(28)4-6-21/h5,7,9,11-12H,2-4,8,10H2,1H3,(H,22,29)(H2,23,24,25)/t12-/m1/s1. The first-order valence-electron chi connectivity index (χ1n) is 9.66. The molecule has 0 aliphatic carbocycles. The van der Waals surface area contributed by atoms with Gasteiger partial charge in [0, 0.05) is 49.3 Å². The number of carbonyl (C=O) groups excluding carboxylic acids is 2. The van der Waals surface area contributed by atoms with Crippen molar-refractivity contribution in [2.45, 2.75) is 25.3 Å². The molecule has 1 atom stereocenters. The minimum absolute atomic E-state index is 0.0408. The largest absolute Gasteiger partial charge is 0.379 e. The molecule has 0 radical (unpaired) electrons. The van der Waals surface area contributed by atoms with Gasteiger partial charge in [-0.3, -0.25) is 9.59 Å². The third kappa shape index (κ3) is 3.84. The average molecular weight is 424 g/mol. The third-order valence-electron chi connectivity index (χ3n) is 5.13. The maximum absolute atomic E-state index is 12.2. The van der Waals surface area contributed by atoms with E-state index >= 15 is 0 Å². The number of rotatable bonds is 5. The van der Waals surface area contributed by atoms with Gasteiger partial charge in [-0.2, -0.15) is 5.26 Å². The summed E-state index contributed by atoms with van der Waals surface area (Å²) in [7, 11) is 1.57. The summed E-state index contributed by atoms with van der Waals surface area (Å²) in [6, 6.07) is 3.92. The number of H-pyrrole nitrogens is 1. The number of anilines is 1. The zero-order chi connectivity index (χ0) is 21.1. The van der Waals surface area contributed by atoms with Crippen molar-refractivity contribution in [3.63, 3.8) is 0 Å². The fourth-order valence-corrected chi connectivity index (χ4v) is 4.48. The maximum Gasteiger partial charge on any atom is 0.270 e. The zero-order valence-electron chi connectivity index (χ0n) is 16.4. The van der Waals surface area contributed by atoms with Crippen molar-refractivity contribution in [2.24, 2.45) is 0 Å². The molecular weight excluding hydrogens is 402 g/mol. The molecule has 4 heterocycles. The first-order chi connectivity index (χ1) is 14.6. The Morgan fingerprint density at radius 3 is 3.13 bits per heavy atom. The second kappa shape index (κ2) is 8.51. The number of aromatic nitrogens is 3. The van der Waals surface area contributed by atoms with E-state index in [1.807, 2.05) is 18.3 Å². The molecule has 154 valence electrons. The number of nitrogens with zero attached hydrogens (tertiary/aromatic N) is 4. The summed E-state index contributed by atoms with van der Waals surface area (Å²) in [5.74, 6) is -0.373. The topological polar surface area (TPSA) is 127 Å². The van der Waals surface area contributed by atoms with E-state index < -0.39 is 0 Å². The summed E-state index contributed by atoms with van der Waals surface area (Å²) in [5.41, 5.74) is 2.79. The predicted molar refractivity (Wildman–Crippen MR) is 114 cm³/mol. The number of hydrogen-bond donors (Lipinski definition) is 3. The van der Waals surface area contributed by atoms with Gasteiger partial charge in [0.05, 0.1) is 17.3 Å². The van der Waals surface area contributed by atoms with Crippen LogP contribution < -0.4 is 10.6 Å². The quantitative estimate of drug-likeness (QED) is 0.578. The molecule has 3 aromatic rings. The van der Waals surface area contributed by atoms with Crippen molar-refractivity contribution in [1.82, 2.24) is 25.2 Å². The van der Waals surface area contributed by atoms with Crippen LogP contribution in [0.5, 0.6) is 0 Å². The molecule has 0 aromatic carbocycles. The van der Waals surface area contributed by atoms with Crippen molar-refractivity contribution < 1.29 is 9.59 Å². The van der Waals surface area contributed by atoms with E-state index in [0.29, 0.717) is 23.8 Å². The number of thiazole rings is 1. The number of pyridine rings is 1. The third-order valence-corrected chi connectivity index (χ3v) is 6.01. The molecule has 0 bridgehead atoms. The molecule has 2 amide bonds. The lowest BCUT2D eigenvalue weighted by Crippen LogP contribution is -2.45. The van der Waals surface area contributed by atoms with E-state index in [0.717, 1.165) is 35.1 Å². The molecule has 1 fully saturated rings. The summed E-state index contributed by atoms with van der Waals surface area (Å²) in [6.45, 7) is 1.21. The molecule has 3 N–H and O–H groups in total. The van der Waals surface area contributed by atoms with E-state index in [1.54, 1.807) is 23.5 Å². The Morgan fingerprint density at radius 1 is 1.47 bits per heavy atom. The van der Waals surface area contributed by atoms with Crippen LogP contribution in [-0.4, -0.2) is 57.8 Å². The highest BCUT2D eigenvalue weighted by atomic mass is 32.1. The Morgan fingerprint density at radius 2 is 2.33 bits per heavy atom. The van der Waals surface area contributed by atoms with Crippen molar-refractivity contribution in [1.29, 1.82) is 5.26 Å². The highest BCUT2D eigenvalue weighted by molar-refractivity contribution is 7.13. The van der Waals surface area contributed by atoms with Gasteiger partial charge in [-0.15, -0.1) is 11.3 Å². The number of likely N-dealkylation sites (tertiary alicyclic amines) is 1. The van der Waals surface area contributed by atoms with Crippen molar-refractivity contribution in [3.05, 3.63) is 29.5 Å². The van der Waals surface area contributed by atoms with Gasteiger partial charge < -0.3 is 20.5 Å². The summed E-state index contributed by atoms with van der Waals surface area (Å²) in [4.78, 5) is 37.9. The van der Waals surface area contributed by atoms with Crippen LogP contribution in [0.3, 0.4) is 0 Å². The first-order valence-corrected chi connectivity index (χ1v) is 10.5. The Kier molecular flexibility index (Phi) is 5.63. The van der Waals surface area contributed by atoms with Gasteiger partial charge >= 0.3 is 0 Å². The lowest BCUT2D eigenvalue weighted by molar-refractivity contribution is -0.131. The van der Waals surface area contributed by atoms with Gasteiger partial charge in [0.1, 0.15) is 22.8 Å². The van der Waals surface area contributed by atoms with Gasteiger partial charge in [0.2, 0.25) is 5.91 Å². The van der Waals surface area contributed by atoms with Crippen LogP contribution >= 0.6 is 11.3 Å². The lowest BCUT2D eigenvalue weighted by atomic mass is 10.0. The number of aromatic amines is 1. The fourth-order valence-electron chi connectivity index (χ4n) is 3.66. The van der Waals surface area contributed by atoms with Crippen molar-refractivity contribution in [3.8, 4) is 16.6 Å². The molecule has 9 nitrogen and oxygen atoms in total. The monoisotopic (exact) mass is 423 g/mol. The van der Waals surface area contributed by atoms with Gasteiger partial charge in [0.15, 0.2) is 0 Å². The zero-order valence-corrected chi connectivity index (χ0v) is 17.3. The number of carbonyl (C=O) groups is 2. The summed E-state index contributed by atoms with van der Waals surface area (Å²) < 4.78 is 0. The van der Waals surface area contributed by atoms with Crippen molar-refractivity contribution in [2.75, 3.05) is 25.5 Å². The fraction of sp³-hybridized carbons (Fsp3) is 0.350. The van der Waals surface area contributed by atoms with Gasteiger partial charge in [-0.05, 0) is 18.9 Å². The van der Waals surface area contributed by atoms with Crippen LogP contribution in [0.15, 0.2) is 23.8 Å².